The van der Waals surface area contributed by atoms with Crippen molar-refractivity contribution >= 4 is 23.2 Å². The summed E-state index contributed by atoms with van der Waals surface area (Å²) in [6, 6.07) is 0. The molecular weight excluding hydrogens is 251 g/mol. The van der Waals surface area contributed by atoms with E-state index in [0.29, 0.717) is 0 Å². The molecule has 0 aromatic rings. The van der Waals surface area contributed by atoms with E-state index in [1.165, 1.54) is 0 Å². The Labute approximate surface area is 95.8 Å². The van der Waals surface area contributed by atoms with E-state index in [-0.39, 0.29) is 22.9 Å². The third kappa shape index (κ3) is 4.34. The van der Waals surface area contributed by atoms with Gasteiger partial charge in [0.2, 0.25) is 10.6 Å². The maximum atomic E-state index is 11.0. The molecule has 0 rings (SSSR count). The van der Waals surface area contributed by atoms with Crippen LogP contribution in [0, 0.1) is 10.4 Å². The van der Waals surface area contributed by atoms with E-state index in [2.05, 4.69) is 20.2 Å². The molecule has 0 N–H and O–H groups in total. The van der Waals surface area contributed by atoms with Gasteiger partial charge in [0.1, 0.15) is 13.2 Å². The third-order valence-corrected chi connectivity index (χ3v) is 1.56. The smallest absolute Gasteiger partial charge is 0.588 e. The number of hydrogen-bond acceptors (Lipinski definition) is 6. The van der Waals surface area contributed by atoms with Crippen LogP contribution in [0.15, 0.2) is 10.6 Å². The Morgan fingerprint density at radius 3 is 1.67 bits per heavy atom. The van der Waals surface area contributed by atoms with Crippen LogP contribution < -0.4 is 0 Å². The molecule has 0 amide bonds. The van der Waals surface area contributed by atoms with Crippen molar-refractivity contribution < 1.29 is 19.4 Å². The van der Waals surface area contributed by atoms with Crippen LogP contribution in [0.25, 0.3) is 0 Å². The van der Waals surface area contributed by atoms with Crippen LogP contribution in [0.2, 0.25) is 0 Å². The maximum Gasteiger partial charge on any atom is 0.588 e. The number of rotatable bonds is 6. The van der Waals surface area contributed by atoms with Gasteiger partial charge in [0, 0.05) is 9.72 Å². The zero-order valence-corrected chi connectivity index (χ0v) is 9.60. The minimum absolute atomic E-state index is 0.129. The lowest BCUT2D eigenvalue weighted by Crippen LogP contribution is -2.35. The molecule has 0 fully saturated rings. The summed E-state index contributed by atoms with van der Waals surface area (Å²) < 4.78 is -2.57. The zero-order valence-electron chi connectivity index (χ0n) is 8.09. The molecule has 0 aliphatic heterocycles. The van der Waals surface area contributed by atoms with Gasteiger partial charge < -0.3 is 20.1 Å². The monoisotopic (exact) mass is 260 g/mol. The maximum absolute atomic E-state index is 11.0. The summed E-state index contributed by atoms with van der Waals surface area (Å²) in [7, 11) is 0. The fourth-order valence-corrected chi connectivity index (χ4v) is 0.515. The van der Waals surface area contributed by atoms with Gasteiger partial charge in [-0.15, -0.1) is 0 Å². The zero-order chi connectivity index (χ0) is 11.9. The molecule has 0 bridgehead atoms. The van der Waals surface area contributed by atoms with Crippen molar-refractivity contribution in [3.63, 3.8) is 0 Å². The molecule has 0 saturated heterocycles. The Morgan fingerprint density at radius 2 is 1.40 bits per heavy atom. The summed E-state index contributed by atoms with van der Waals surface area (Å²) in [5.41, 5.74) is 0. The molecule has 0 aliphatic rings. The average Bonchev–Trinajstić information content (AvgIpc) is 2.21. The fraction of sp³-hybridized carbons (Fsp3) is 1.00. The van der Waals surface area contributed by atoms with E-state index < -0.39 is 4.58 Å². The standard InChI is InChI=1S/C5H10Cl2N4O4/c1-3-14-8-10(12)5(6,7)11(13)9-15-4-2/h3-4H2,1-2H3. The Balaban J connectivity index is 4.64. The second kappa shape index (κ2) is 6.46. The summed E-state index contributed by atoms with van der Waals surface area (Å²) in [4.78, 5) is 8.04. The first-order chi connectivity index (χ1) is 6.96. The lowest BCUT2D eigenvalue weighted by atomic mass is 10.9. The van der Waals surface area contributed by atoms with Crippen molar-refractivity contribution in [3.8, 4) is 0 Å². The Bertz CT molecular complexity index is 233. The SMILES string of the molecule is CCON=[N+]([O-])C(Cl)(Cl)[N+]([O-])=NOCC. The minimum Gasteiger partial charge on any atom is -0.590 e. The summed E-state index contributed by atoms with van der Waals surface area (Å²) >= 11 is 10.7. The van der Waals surface area contributed by atoms with Crippen LogP contribution in [-0.2, 0) is 9.68 Å². The van der Waals surface area contributed by atoms with Gasteiger partial charge in [-0.2, -0.15) is 0 Å². The van der Waals surface area contributed by atoms with Gasteiger partial charge in [-0.3, -0.25) is 0 Å². The van der Waals surface area contributed by atoms with E-state index in [1.54, 1.807) is 13.8 Å². The quantitative estimate of drug-likeness (QED) is 0.182. The van der Waals surface area contributed by atoms with Crippen molar-refractivity contribution in [1.82, 2.24) is 0 Å². The third-order valence-electron chi connectivity index (χ3n) is 0.982. The van der Waals surface area contributed by atoms with E-state index in [4.69, 9.17) is 23.2 Å². The normalized spacial score (nSPS) is 13.9. The minimum atomic E-state index is -2.57. The Hall–Kier alpha value is -1.02. The summed E-state index contributed by atoms with van der Waals surface area (Å²) in [6.45, 7) is 3.43. The average molecular weight is 261 g/mol. The van der Waals surface area contributed by atoms with Crippen molar-refractivity contribution in [2.75, 3.05) is 13.2 Å². The number of hydroxylamine groups is 2. The molecule has 0 aromatic carbocycles. The van der Waals surface area contributed by atoms with Crippen LogP contribution in [0.1, 0.15) is 13.8 Å². The van der Waals surface area contributed by atoms with Gasteiger partial charge in [0.05, 0.1) is 23.2 Å². The number of alkyl halides is 2. The van der Waals surface area contributed by atoms with Crippen LogP contribution in [0.3, 0.4) is 0 Å². The molecule has 0 heterocycles. The summed E-state index contributed by atoms with van der Waals surface area (Å²) in [5.74, 6) is 0. The lowest BCUT2D eigenvalue weighted by Gasteiger charge is -2.09. The number of hydrogen-bond donors (Lipinski definition) is 0. The number of nitrogens with zero attached hydrogens (tertiary/aromatic N) is 4. The molecule has 0 atom stereocenters. The predicted octanol–water partition coefficient (Wildman–Crippen LogP) is 1.90. The lowest BCUT2D eigenvalue weighted by molar-refractivity contribution is -0.793. The van der Waals surface area contributed by atoms with Gasteiger partial charge in [-0.1, -0.05) is 0 Å². The molecule has 15 heavy (non-hydrogen) atoms. The second-order valence-electron chi connectivity index (χ2n) is 2.05. The molecule has 10 heteroatoms. The molecule has 0 spiro atoms. The van der Waals surface area contributed by atoms with Gasteiger partial charge in [0.15, 0.2) is 0 Å². The van der Waals surface area contributed by atoms with Crippen LogP contribution >= 0.6 is 23.2 Å². The van der Waals surface area contributed by atoms with Gasteiger partial charge >= 0.3 is 4.58 Å². The predicted molar refractivity (Wildman–Crippen MR) is 49.8 cm³/mol. The van der Waals surface area contributed by atoms with E-state index >= 15 is 0 Å². The Kier molecular flexibility index (Phi) is 6.02. The molecule has 0 radical (unpaired) electrons. The Morgan fingerprint density at radius 1 is 1.07 bits per heavy atom. The van der Waals surface area contributed by atoms with Crippen molar-refractivity contribution in [2.45, 2.75) is 18.4 Å². The van der Waals surface area contributed by atoms with E-state index in [9.17, 15) is 10.4 Å². The highest BCUT2D eigenvalue weighted by molar-refractivity contribution is 6.45. The van der Waals surface area contributed by atoms with Gasteiger partial charge in [0.25, 0.3) is 0 Å². The highest BCUT2D eigenvalue weighted by Crippen LogP contribution is 2.23. The van der Waals surface area contributed by atoms with Crippen molar-refractivity contribution in [3.05, 3.63) is 10.4 Å². The first-order valence-electron chi connectivity index (χ1n) is 3.95. The van der Waals surface area contributed by atoms with Gasteiger partial charge in [-0.05, 0) is 13.8 Å². The topological polar surface area (TPSA) is 95.3 Å². The van der Waals surface area contributed by atoms with Crippen molar-refractivity contribution in [2.24, 2.45) is 10.6 Å². The van der Waals surface area contributed by atoms with Crippen molar-refractivity contribution in [1.29, 1.82) is 0 Å². The molecule has 0 saturated carbocycles. The molecule has 88 valence electrons. The molecule has 0 aromatic heterocycles. The molecule has 0 aliphatic carbocycles. The second-order valence-corrected chi connectivity index (χ2v) is 3.30. The fourth-order valence-electron chi connectivity index (χ4n) is 0.392. The highest BCUT2D eigenvalue weighted by Gasteiger charge is 2.50. The van der Waals surface area contributed by atoms with E-state index in [1.807, 2.05) is 0 Å². The molecule has 8 nitrogen and oxygen atoms in total. The molecular formula is C5H10Cl2N4O4. The molecule has 0 unspecified atom stereocenters. The summed E-state index contributed by atoms with van der Waals surface area (Å²) in [6.07, 6.45) is 0. The van der Waals surface area contributed by atoms with Crippen LogP contribution in [0.5, 0.6) is 0 Å². The largest absolute Gasteiger partial charge is 0.590 e. The summed E-state index contributed by atoms with van der Waals surface area (Å²) in [5, 5.41) is 27.9. The highest BCUT2D eigenvalue weighted by atomic mass is 35.5. The van der Waals surface area contributed by atoms with E-state index in [0.717, 1.165) is 0 Å². The van der Waals surface area contributed by atoms with Crippen LogP contribution in [-0.4, -0.2) is 27.5 Å². The van der Waals surface area contributed by atoms with Crippen LogP contribution in [0.4, 0.5) is 0 Å². The number of halogens is 2. The van der Waals surface area contributed by atoms with Gasteiger partial charge in [-0.25, -0.2) is 0 Å². The first-order valence-corrected chi connectivity index (χ1v) is 4.70. The first kappa shape index (κ1) is 14.0.